The van der Waals surface area contributed by atoms with Crippen molar-refractivity contribution in [2.24, 2.45) is 0 Å². The third-order valence-corrected chi connectivity index (χ3v) is 14.6. The Balaban J connectivity index is 4.19. The summed E-state index contributed by atoms with van der Waals surface area (Å²) in [4.78, 5) is 38.3. The largest absolute Gasteiger partial charge is 0.462 e. The Labute approximate surface area is 484 Å². The number of esters is 3. The van der Waals surface area contributed by atoms with Gasteiger partial charge in [0.05, 0.1) is 0 Å². The molecule has 0 saturated carbocycles. The van der Waals surface area contributed by atoms with Crippen molar-refractivity contribution < 1.29 is 28.6 Å². The molecule has 6 heteroatoms. The monoisotopic (exact) mass is 1090 g/mol. The van der Waals surface area contributed by atoms with Gasteiger partial charge in [-0.05, 0) is 89.9 Å². The summed E-state index contributed by atoms with van der Waals surface area (Å²) in [6.45, 7) is 6.52. The van der Waals surface area contributed by atoms with Crippen LogP contribution >= 0.6 is 0 Å². The van der Waals surface area contributed by atoms with Crippen LogP contribution in [0.1, 0.15) is 335 Å². The van der Waals surface area contributed by atoms with Gasteiger partial charge in [0.25, 0.3) is 0 Å². The number of rotatable bonds is 61. The number of ether oxygens (including phenoxy) is 3. The van der Waals surface area contributed by atoms with Crippen LogP contribution in [0.25, 0.3) is 0 Å². The molecule has 0 aliphatic heterocycles. The number of hydrogen-bond donors (Lipinski definition) is 0. The summed E-state index contributed by atoms with van der Waals surface area (Å²) >= 11 is 0. The first kappa shape index (κ1) is 74.6. The predicted molar refractivity (Wildman–Crippen MR) is 339 cm³/mol. The summed E-state index contributed by atoms with van der Waals surface area (Å²) in [5.74, 6) is -0.871. The second-order valence-corrected chi connectivity index (χ2v) is 22.4. The van der Waals surface area contributed by atoms with Gasteiger partial charge < -0.3 is 14.2 Å². The molecule has 0 aromatic carbocycles. The van der Waals surface area contributed by atoms with Crippen LogP contribution in [0, 0.1) is 0 Å². The van der Waals surface area contributed by atoms with Crippen molar-refractivity contribution in [3.05, 3.63) is 85.1 Å². The Kier molecular flexibility index (Phi) is 63.2. The van der Waals surface area contributed by atoms with Crippen LogP contribution in [0.2, 0.25) is 0 Å². The van der Waals surface area contributed by atoms with Crippen molar-refractivity contribution >= 4 is 17.9 Å². The van der Waals surface area contributed by atoms with Gasteiger partial charge in [-0.2, -0.15) is 0 Å². The van der Waals surface area contributed by atoms with Crippen LogP contribution in [0.5, 0.6) is 0 Å². The van der Waals surface area contributed by atoms with Crippen LogP contribution in [0.3, 0.4) is 0 Å². The molecule has 0 aromatic rings. The SMILES string of the molecule is CC/C=C\C/C=C\C/C=C\C/C=C\C/C=C\C/C=C\CCCCCCCCCCCCCCC(=O)OCC(COC(=O)CCCCCCC/C=C\CCCC)OC(=O)CCCCCCCCCCCCCCCCCCCC. The highest BCUT2D eigenvalue weighted by Gasteiger charge is 2.19. The summed E-state index contributed by atoms with van der Waals surface area (Å²) < 4.78 is 16.9. The molecular formula is C72H126O6. The van der Waals surface area contributed by atoms with Gasteiger partial charge in [0.15, 0.2) is 6.10 Å². The summed E-state index contributed by atoms with van der Waals surface area (Å²) in [5.41, 5.74) is 0. The Morgan fingerprint density at radius 3 is 0.833 bits per heavy atom. The first-order valence-corrected chi connectivity index (χ1v) is 33.6. The highest BCUT2D eigenvalue weighted by molar-refractivity contribution is 5.71. The predicted octanol–water partition coefficient (Wildman–Crippen LogP) is 23.1. The standard InChI is InChI=1S/C72H126O6/c1-4-7-10-13-16-19-22-24-26-28-30-31-32-33-34-35-36-37-38-39-40-41-42-44-45-47-50-53-56-59-62-65-71(74)77-68-69(67-76-70(73)64-61-58-55-52-49-21-18-15-12-9-6-3)78-72(75)66-63-60-57-54-51-48-46-43-29-27-25-23-20-17-14-11-8-5-2/h7,10,15-16,18-19,24,26,30-31,33-34,36-37,69H,4-6,8-9,11-14,17,20-23,25,27-29,32,35,38-68H2,1-3H3/b10-7-,18-15-,19-16-,26-24-,31-30-,34-33-,37-36-. The summed E-state index contributed by atoms with van der Waals surface area (Å²) in [6, 6.07) is 0. The number of carbonyl (C=O) groups excluding carboxylic acids is 3. The van der Waals surface area contributed by atoms with E-state index < -0.39 is 6.10 Å². The van der Waals surface area contributed by atoms with E-state index in [9.17, 15) is 14.4 Å². The van der Waals surface area contributed by atoms with E-state index in [-0.39, 0.29) is 31.1 Å². The normalized spacial score (nSPS) is 12.6. The molecule has 0 bridgehead atoms. The Morgan fingerprint density at radius 1 is 0.269 bits per heavy atom. The molecular weight excluding hydrogens is 961 g/mol. The minimum atomic E-state index is -0.778. The molecule has 0 aliphatic rings. The fourth-order valence-corrected chi connectivity index (χ4v) is 9.61. The second kappa shape index (κ2) is 66.1. The van der Waals surface area contributed by atoms with Gasteiger partial charge in [-0.1, -0.05) is 311 Å². The Hall–Kier alpha value is -3.41. The lowest BCUT2D eigenvalue weighted by atomic mass is 10.0. The van der Waals surface area contributed by atoms with Gasteiger partial charge in [-0.25, -0.2) is 0 Å². The zero-order valence-corrected chi connectivity index (χ0v) is 51.7. The molecule has 1 atom stereocenters. The Bertz CT molecular complexity index is 1480. The molecule has 0 rings (SSSR count). The van der Waals surface area contributed by atoms with Crippen LogP contribution in [-0.2, 0) is 28.6 Å². The maximum absolute atomic E-state index is 12.9. The van der Waals surface area contributed by atoms with E-state index in [0.29, 0.717) is 19.3 Å². The average molecular weight is 1090 g/mol. The molecule has 450 valence electrons. The molecule has 0 aliphatic carbocycles. The van der Waals surface area contributed by atoms with Crippen molar-refractivity contribution in [3.63, 3.8) is 0 Å². The van der Waals surface area contributed by atoms with Crippen molar-refractivity contribution in [1.29, 1.82) is 0 Å². The summed E-state index contributed by atoms with van der Waals surface area (Å²) in [5, 5.41) is 0. The average Bonchev–Trinajstić information content (AvgIpc) is 3.44. The molecule has 78 heavy (non-hydrogen) atoms. The summed E-state index contributed by atoms with van der Waals surface area (Å²) in [7, 11) is 0. The van der Waals surface area contributed by atoms with Gasteiger partial charge in [0, 0.05) is 19.3 Å². The van der Waals surface area contributed by atoms with Gasteiger partial charge in [-0.15, -0.1) is 0 Å². The van der Waals surface area contributed by atoms with Crippen molar-refractivity contribution in [3.8, 4) is 0 Å². The number of allylic oxidation sites excluding steroid dienone is 14. The molecule has 0 heterocycles. The molecule has 0 spiro atoms. The minimum Gasteiger partial charge on any atom is -0.462 e. The minimum absolute atomic E-state index is 0.0760. The van der Waals surface area contributed by atoms with Gasteiger partial charge in [0.2, 0.25) is 0 Å². The summed E-state index contributed by atoms with van der Waals surface area (Å²) in [6.07, 6.45) is 87.5. The highest BCUT2D eigenvalue weighted by Crippen LogP contribution is 2.17. The quantitative estimate of drug-likeness (QED) is 0.0261. The molecule has 0 aromatic heterocycles. The van der Waals surface area contributed by atoms with Crippen LogP contribution in [-0.4, -0.2) is 37.2 Å². The molecule has 1 unspecified atom stereocenters. The van der Waals surface area contributed by atoms with E-state index >= 15 is 0 Å². The first-order valence-electron chi connectivity index (χ1n) is 33.6. The molecule has 0 fully saturated rings. The number of hydrogen-bond acceptors (Lipinski definition) is 6. The number of unbranched alkanes of at least 4 members (excludes halogenated alkanes) is 36. The zero-order chi connectivity index (χ0) is 56.4. The lowest BCUT2D eigenvalue weighted by Crippen LogP contribution is -2.30. The lowest BCUT2D eigenvalue weighted by Gasteiger charge is -2.18. The van der Waals surface area contributed by atoms with E-state index in [4.69, 9.17) is 14.2 Å². The first-order chi connectivity index (χ1) is 38.5. The van der Waals surface area contributed by atoms with E-state index in [0.717, 1.165) is 103 Å². The maximum Gasteiger partial charge on any atom is 0.306 e. The van der Waals surface area contributed by atoms with Gasteiger partial charge in [-0.3, -0.25) is 14.4 Å². The lowest BCUT2D eigenvalue weighted by molar-refractivity contribution is -0.167. The van der Waals surface area contributed by atoms with E-state index in [2.05, 4.69) is 106 Å². The second-order valence-electron chi connectivity index (χ2n) is 22.4. The van der Waals surface area contributed by atoms with Crippen LogP contribution in [0.15, 0.2) is 85.1 Å². The fourth-order valence-electron chi connectivity index (χ4n) is 9.61. The third kappa shape index (κ3) is 63.4. The molecule has 0 amide bonds. The molecule has 0 saturated heterocycles. The fraction of sp³-hybridized carbons (Fsp3) is 0.764. The van der Waals surface area contributed by atoms with Gasteiger partial charge in [0.1, 0.15) is 13.2 Å². The highest BCUT2D eigenvalue weighted by atomic mass is 16.6. The topological polar surface area (TPSA) is 78.9 Å². The van der Waals surface area contributed by atoms with Crippen molar-refractivity contribution in [1.82, 2.24) is 0 Å². The smallest absolute Gasteiger partial charge is 0.306 e. The zero-order valence-electron chi connectivity index (χ0n) is 51.7. The maximum atomic E-state index is 12.9. The Morgan fingerprint density at radius 2 is 0.513 bits per heavy atom. The van der Waals surface area contributed by atoms with E-state index in [1.54, 1.807) is 0 Å². The van der Waals surface area contributed by atoms with E-state index in [1.807, 2.05) is 0 Å². The van der Waals surface area contributed by atoms with Gasteiger partial charge >= 0.3 is 17.9 Å². The molecule has 0 radical (unpaired) electrons. The van der Waals surface area contributed by atoms with Crippen LogP contribution < -0.4 is 0 Å². The van der Waals surface area contributed by atoms with E-state index in [1.165, 1.54) is 193 Å². The van der Waals surface area contributed by atoms with Crippen molar-refractivity contribution in [2.75, 3.05) is 13.2 Å². The third-order valence-electron chi connectivity index (χ3n) is 14.6. The molecule has 0 N–H and O–H groups in total. The van der Waals surface area contributed by atoms with Crippen molar-refractivity contribution in [2.45, 2.75) is 341 Å². The molecule has 6 nitrogen and oxygen atoms in total. The number of carbonyl (C=O) groups is 3. The van der Waals surface area contributed by atoms with Crippen LogP contribution in [0.4, 0.5) is 0 Å².